The highest BCUT2D eigenvalue weighted by molar-refractivity contribution is 5.93. The quantitative estimate of drug-likeness (QED) is 0.614. The highest BCUT2D eigenvalue weighted by Gasteiger charge is 2.25. The molecule has 0 fully saturated rings. The molecule has 0 aromatic carbocycles. The van der Waals surface area contributed by atoms with Crippen LogP contribution in [0, 0.1) is 0 Å². The van der Waals surface area contributed by atoms with Crippen LogP contribution in [0.4, 0.5) is 0 Å². The maximum absolute atomic E-state index is 10.9. The smallest absolute Gasteiger partial charge is 0.244 e. The Morgan fingerprint density at radius 1 is 1.62 bits per heavy atom. The predicted molar refractivity (Wildman–Crippen MR) is 50.7 cm³/mol. The van der Waals surface area contributed by atoms with E-state index in [0.29, 0.717) is 12.0 Å². The van der Waals surface area contributed by atoms with Gasteiger partial charge in [-0.3, -0.25) is 4.79 Å². The number of fused-ring (bicyclic) bond motifs is 1. The molecule has 0 saturated heterocycles. The van der Waals surface area contributed by atoms with Gasteiger partial charge in [-0.25, -0.2) is 0 Å². The molecule has 3 N–H and O–H groups in total. The third kappa shape index (κ3) is 1.26. The van der Waals surface area contributed by atoms with E-state index in [0.717, 1.165) is 0 Å². The van der Waals surface area contributed by atoms with Gasteiger partial charge >= 0.3 is 0 Å². The van der Waals surface area contributed by atoms with E-state index in [1.165, 1.54) is 11.1 Å². The molecule has 2 aliphatic rings. The van der Waals surface area contributed by atoms with E-state index in [4.69, 9.17) is 5.73 Å². The highest BCUT2D eigenvalue weighted by Crippen LogP contribution is 2.27. The van der Waals surface area contributed by atoms with Crippen molar-refractivity contribution in [3.63, 3.8) is 0 Å². The molecule has 1 aliphatic carbocycles. The summed E-state index contributed by atoms with van der Waals surface area (Å²) in [5.74, 6) is -0.318. The number of hydrogen-bond acceptors (Lipinski definition) is 2. The highest BCUT2D eigenvalue weighted by atomic mass is 16.1. The van der Waals surface area contributed by atoms with Gasteiger partial charge in [0.2, 0.25) is 5.91 Å². The SMILES string of the molecule is CC1=CNC2CC(C(N)=O)=CC=C12. The third-order valence-electron chi connectivity index (χ3n) is 2.54. The molecule has 1 atom stereocenters. The molecule has 1 aliphatic heterocycles. The molecule has 1 heterocycles. The standard InChI is InChI=1S/C10H12N2O/c1-6-5-12-9-4-7(10(11)13)2-3-8(6)9/h2-3,5,9,12H,4H2,1H3,(H2,11,13). The Kier molecular flexibility index (Phi) is 1.72. The maximum atomic E-state index is 10.9. The van der Waals surface area contributed by atoms with Gasteiger partial charge in [0.25, 0.3) is 0 Å². The van der Waals surface area contributed by atoms with Gasteiger partial charge in [-0.05, 0) is 18.1 Å². The average Bonchev–Trinajstić information content (AvgIpc) is 2.47. The van der Waals surface area contributed by atoms with Crippen LogP contribution in [0.25, 0.3) is 0 Å². The summed E-state index contributed by atoms with van der Waals surface area (Å²) in [4.78, 5) is 10.9. The van der Waals surface area contributed by atoms with E-state index in [1.54, 1.807) is 0 Å². The second-order valence-electron chi connectivity index (χ2n) is 3.43. The van der Waals surface area contributed by atoms with Crippen molar-refractivity contribution in [2.75, 3.05) is 0 Å². The maximum Gasteiger partial charge on any atom is 0.244 e. The van der Waals surface area contributed by atoms with Crippen LogP contribution in [0.2, 0.25) is 0 Å². The number of amides is 1. The molecule has 0 radical (unpaired) electrons. The number of carbonyl (C=O) groups is 1. The zero-order valence-corrected chi connectivity index (χ0v) is 7.50. The van der Waals surface area contributed by atoms with Gasteiger partial charge < -0.3 is 11.1 Å². The molecule has 1 amide bonds. The number of nitrogens with one attached hydrogen (secondary N) is 1. The molecular weight excluding hydrogens is 164 g/mol. The van der Waals surface area contributed by atoms with Crippen molar-refractivity contribution in [1.29, 1.82) is 0 Å². The lowest BCUT2D eigenvalue weighted by molar-refractivity contribution is -0.114. The summed E-state index contributed by atoms with van der Waals surface area (Å²) in [7, 11) is 0. The average molecular weight is 176 g/mol. The largest absolute Gasteiger partial charge is 0.384 e. The van der Waals surface area contributed by atoms with Gasteiger partial charge in [-0.2, -0.15) is 0 Å². The van der Waals surface area contributed by atoms with Crippen molar-refractivity contribution >= 4 is 5.91 Å². The van der Waals surface area contributed by atoms with E-state index in [1.807, 2.05) is 18.4 Å². The Hall–Kier alpha value is -1.51. The Balaban J connectivity index is 2.29. The van der Waals surface area contributed by atoms with Crippen LogP contribution in [-0.4, -0.2) is 11.9 Å². The molecule has 0 saturated carbocycles. The minimum atomic E-state index is -0.318. The molecule has 3 nitrogen and oxygen atoms in total. The monoisotopic (exact) mass is 176 g/mol. The predicted octanol–water partition coefficient (Wildman–Crippen LogP) is 0.604. The number of rotatable bonds is 1. The molecule has 68 valence electrons. The Morgan fingerprint density at radius 3 is 3.08 bits per heavy atom. The van der Waals surface area contributed by atoms with Gasteiger partial charge in [0, 0.05) is 18.2 Å². The lowest BCUT2D eigenvalue weighted by atomic mass is 9.92. The summed E-state index contributed by atoms with van der Waals surface area (Å²) in [6.45, 7) is 2.06. The molecule has 3 heteroatoms. The van der Waals surface area contributed by atoms with Crippen LogP contribution in [0.1, 0.15) is 13.3 Å². The number of carbonyl (C=O) groups excluding carboxylic acids is 1. The molecule has 0 aromatic rings. The summed E-state index contributed by atoms with van der Waals surface area (Å²) < 4.78 is 0. The number of hydrogen-bond donors (Lipinski definition) is 2. The molecule has 13 heavy (non-hydrogen) atoms. The zero-order valence-electron chi connectivity index (χ0n) is 7.50. The first-order valence-corrected chi connectivity index (χ1v) is 4.32. The van der Waals surface area contributed by atoms with E-state index >= 15 is 0 Å². The van der Waals surface area contributed by atoms with Crippen LogP contribution >= 0.6 is 0 Å². The first-order chi connectivity index (χ1) is 6.18. The number of allylic oxidation sites excluding steroid dienone is 2. The second-order valence-corrected chi connectivity index (χ2v) is 3.43. The molecular formula is C10H12N2O. The molecule has 0 bridgehead atoms. The van der Waals surface area contributed by atoms with E-state index in [-0.39, 0.29) is 11.9 Å². The normalized spacial score (nSPS) is 25.3. The van der Waals surface area contributed by atoms with Crippen molar-refractivity contribution in [1.82, 2.24) is 5.32 Å². The Bertz CT molecular complexity index is 350. The van der Waals surface area contributed by atoms with Crippen molar-refractivity contribution < 1.29 is 4.79 Å². The van der Waals surface area contributed by atoms with Crippen molar-refractivity contribution in [2.45, 2.75) is 19.4 Å². The molecule has 1 unspecified atom stereocenters. The second kappa shape index (κ2) is 2.76. The van der Waals surface area contributed by atoms with Crippen LogP contribution in [0.5, 0.6) is 0 Å². The minimum Gasteiger partial charge on any atom is -0.384 e. The van der Waals surface area contributed by atoms with Crippen LogP contribution in [0.15, 0.2) is 35.1 Å². The van der Waals surface area contributed by atoms with Crippen molar-refractivity contribution in [3.8, 4) is 0 Å². The Morgan fingerprint density at radius 2 is 2.38 bits per heavy atom. The fourth-order valence-corrected chi connectivity index (χ4v) is 1.75. The zero-order chi connectivity index (χ0) is 9.42. The Labute approximate surface area is 77.0 Å². The van der Waals surface area contributed by atoms with Gasteiger partial charge in [-0.1, -0.05) is 12.2 Å². The van der Waals surface area contributed by atoms with Crippen molar-refractivity contribution in [2.24, 2.45) is 5.73 Å². The summed E-state index contributed by atoms with van der Waals surface area (Å²) in [5.41, 5.74) is 8.41. The van der Waals surface area contributed by atoms with Gasteiger partial charge in [-0.15, -0.1) is 0 Å². The lowest BCUT2D eigenvalue weighted by Crippen LogP contribution is -2.27. The van der Waals surface area contributed by atoms with Crippen LogP contribution < -0.4 is 11.1 Å². The van der Waals surface area contributed by atoms with E-state index in [2.05, 4.69) is 12.2 Å². The van der Waals surface area contributed by atoms with E-state index in [9.17, 15) is 4.79 Å². The van der Waals surface area contributed by atoms with Gasteiger partial charge in [0.1, 0.15) is 0 Å². The fraction of sp³-hybridized carbons (Fsp3) is 0.300. The molecule has 0 aromatic heterocycles. The lowest BCUT2D eigenvalue weighted by Gasteiger charge is -2.18. The first kappa shape index (κ1) is 8.10. The van der Waals surface area contributed by atoms with Gasteiger partial charge in [0.05, 0.1) is 6.04 Å². The van der Waals surface area contributed by atoms with E-state index < -0.39 is 0 Å². The van der Waals surface area contributed by atoms with Crippen molar-refractivity contribution in [3.05, 3.63) is 35.1 Å². The first-order valence-electron chi connectivity index (χ1n) is 4.32. The summed E-state index contributed by atoms with van der Waals surface area (Å²) in [5, 5.41) is 3.21. The number of nitrogens with two attached hydrogens (primary N) is 1. The van der Waals surface area contributed by atoms with Crippen LogP contribution in [0.3, 0.4) is 0 Å². The minimum absolute atomic E-state index is 0.257. The third-order valence-corrected chi connectivity index (χ3v) is 2.54. The summed E-state index contributed by atoms with van der Waals surface area (Å²) in [6, 6.07) is 0.257. The number of primary amides is 1. The summed E-state index contributed by atoms with van der Waals surface area (Å²) >= 11 is 0. The fourth-order valence-electron chi connectivity index (χ4n) is 1.75. The molecule has 2 rings (SSSR count). The van der Waals surface area contributed by atoms with Crippen LogP contribution in [-0.2, 0) is 4.79 Å². The topological polar surface area (TPSA) is 55.1 Å². The summed E-state index contributed by atoms with van der Waals surface area (Å²) in [6.07, 6.45) is 6.47. The van der Waals surface area contributed by atoms with Gasteiger partial charge in [0.15, 0.2) is 0 Å². The molecule has 0 spiro atoms.